The summed E-state index contributed by atoms with van der Waals surface area (Å²) in [5, 5.41) is 11.8. The monoisotopic (exact) mass is 276 g/mol. The van der Waals surface area contributed by atoms with Crippen molar-refractivity contribution in [2.75, 3.05) is 5.32 Å². The van der Waals surface area contributed by atoms with E-state index in [-0.39, 0.29) is 11.5 Å². The predicted molar refractivity (Wildman–Crippen MR) is 72.9 cm³/mol. The molecule has 0 radical (unpaired) electrons. The minimum Gasteiger partial charge on any atom is -0.478 e. The molecule has 19 heavy (non-hydrogen) atoms. The lowest BCUT2D eigenvalue weighted by Crippen LogP contribution is -2.15. The van der Waals surface area contributed by atoms with Crippen molar-refractivity contribution >= 4 is 28.9 Å². The summed E-state index contributed by atoms with van der Waals surface area (Å²) in [6, 6.07) is 4.97. The molecule has 0 aliphatic rings. The van der Waals surface area contributed by atoms with Gasteiger partial charge in [0.05, 0.1) is 22.5 Å². The van der Waals surface area contributed by atoms with E-state index >= 15 is 0 Å². The number of rotatable bonds is 3. The molecule has 0 bridgehead atoms. The molecule has 1 aromatic carbocycles. The maximum absolute atomic E-state index is 12.0. The van der Waals surface area contributed by atoms with Crippen LogP contribution >= 0.6 is 11.3 Å². The van der Waals surface area contributed by atoms with Gasteiger partial charge in [-0.1, -0.05) is 12.1 Å². The fourth-order valence-corrected chi connectivity index (χ4v) is 2.45. The molecule has 0 fully saturated rings. The van der Waals surface area contributed by atoms with E-state index in [4.69, 9.17) is 0 Å². The number of carboxylic acid groups (broad SMARTS) is 1. The Morgan fingerprint density at radius 1 is 1.32 bits per heavy atom. The zero-order chi connectivity index (χ0) is 14.0. The second-order valence-electron chi connectivity index (χ2n) is 4.02. The third-order valence-corrected chi connectivity index (χ3v) is 3.61. The second kappa shape index (κ2) is 5.19. The average molecular weight is 276 g/mol. The van der Waals surface area contributed by atoms with Gasteiger partial charge in [0, 0.05) is 0 Å². The van der Waals surface area contributed by atoms with E-state index in [0.29, 0.717) is 21.8 Å². The summed E-state index contributed by atoms with van der Waals surface area (Å²) >= 11 is 1.22. The fourth-order valence-electron chi connectivity index (χ4n) is 1.75. The first-order chi connectivity index (χ1) is 9.00. The molecule has 0 atom stereocenters. The number of anilines is 1. The number of carboxylic acids is 1. The van der Waals surface area contributed by atoms with Gasteiger partial charge in [-0.2, -0.15) is 0 Å². The second-order valence-corrected chi connectivity index (χ2v) is 4.88. The van der Waals surface area contributed by atoms with E-state index in [2.05, 4.69) is 10.3 Å². The highest BCUT2D eigenvalue weighted by Crippen LogP contribution is 2.21. The number of hydrogen-bond donors (Lipinski definition) is 2. The molecule has 0 saturated carbocycles. The number of thiazole rings is 1. The van der Waals surface area contributed by atoms with Crippen LogP contribution in [0.4, 0.5) is 5.69 Å². The standard InChI is InChI=1S/C13H12N2O3S/c1-7-4-3-5-9(10(7)13(17)18)15-12(16)11-8(2)14-6-19-11/h3-6H,1-2H3,(H,15,16)(H,17,18). The maximum Gasteiger partial charge on any atom is 0.338 e. The number of benzene rings is 1. The summed E-state index contributed by atoms with van der Waals surface area (Å²) in [5.41, 5.74) is 3.22. The molecule has 0 spiro atoms. The number of hydrogen-bond acceptors (Lipinski definition) is 4. The van der Waals surface area contributed by atoms with Crippen LogP contribution in [0, 0.1) is 13.8 Å². The van der Waals surface area contributed by atoms with Crippen LogP contribution in [0.2, 0.25) is 0 Å². The number of carbonyl (C=O) groups is 2. The van der Waals surface area contributed by atoms with Crippen molar-refractivity contribution in [1.29, 1.82) is 0 Å². The van der Waals surface area contributed by atoms with Crippen LogP contribution in [-0.2, 0) is 0 Å². The summed E-state index contributed by atoms with van der Waals surface area (Å²) < 4.78 is 0. The van der Waals surface area contributed by atoms with Crippen molar-refractivity contribution < 1.29 is 14.7 Å². The molecule has 1 amide bonds. The maximum atomic E-state index is 12.0. The first kappa shape index (κ1) is 13.2. The van der Waals surface area contributed by atoms with E-state index in [0.717, 1.165) is 0 Å². The normalized spacial score (nSPS) is 10.2. The van der Waals surface area contributed by atoms with Crippen LogP contribution < -0.4 is 5.32 Å². The zero-order valence-corrected chi connectivity index (χ0v) is 11.2. The van der Waals surface area contributed by atoms with Crippen LogP contribution in [0.3, 0.4) is 0 Å². The van der Waals surface area contributed by atoms with Crippen molar-refractivity contribution in [2.24, 2.45) is 0 Å². The smallest absolute Gasteiger partial charge is 0.338 e. The number of nitrogens with one attached hydrogen (secondary N) is 1. The Labute approximate surface area is 113 Å². The molecule has 0 unspecified atom stereocenters. The molecule has 98 valence electrons. The highest BCUT2D eigenvalue weighted by molar-refractivity contribution is 7.12. The molecular formula is C13H12N2O3S. The van der Waals surface area contributed by atoms with Gasteiger partial charge < -0.3 is 10.4 Å². The first-order valence-corrected chi connectivity index (χ1v) is 6.43. The first-order valence-electron chi connectivity index (χ1n) is 5.55. The summed E-state index contributed by atoms with van der Waals surface area (Å²) in [4.78, 5) is 27.7. The van der Waals surface area contributed by atoms with Crippen LogP contribution in [0.25, 0.3) is 0 Å². The molecule has 6 heteroatoms. The average Bonchev–Trinajstić information content (AvgIpc) is 2.75. The third kappa shape index (κ3) is 2.63. The van der Waals surface area contributed by atoms with E-state index in [9.17, 15) is 14.7 Å². The predicted octanol–water partition coefficient (Wildman–Crippen LogP) is 2.71. The van der Waals surface area contributed by atoms with Crippen molar-refractivity contribution in [3.05, 3.63) is 45.4 Å². The van der Waals surface area contributed by atoms with E-state index in [1.807, 2.05) is 0 Å². The number of aromatic nitrogens is 1. The minimum absolute atomic E-state index is 0.109. The Kier molecular flexibility index (Phi) is 3.62. The van der Waals surface area contributed by atoms with Gasteiger partial charge in [-0.15, -0.1) is 11.3 Å². The lowest BCUT2D eigenvalue weighted by atomic mass is 10.1. The Morgan fingerprint density at radius 3 is 2.63 bits per heavy atom. The van der Waals surface area contributed by atoms with Gasteiger partial charge in [0.1, 0.15) is 4.88 Å². The number of carbonyl (C=O) groups excluding carboxylic acids is 1. The van der Waals surface area contributed by atoms with Crippen LogP contribution in [0.15, 0.2) is 23.7 Å². The van der Waals surface area contributed by atoms with Gasteiger partial charge in [0.25, 0.3) is 5.91 Å². The van der Waals surface area contributed by atoms with Crippen molar-refractivity contribution in [2.45, 2.75) is 13.8 Å². The molecule has 2 N–H and O–H groups in total. The molecule has 1 heterocycles. The fraction of sp³-hybridized carbons (Fsp3) is 0.154. The molecule has 1 aromatic heterocycles. The topological polar surface area (TPSA) is 79.3 Å². The highest BCUT2D eigenvalue weighted by Gasteiger charge is 2.17. The summed E-state index contributed by atoms with van der Waals surface area (Å²) in [6.07, 6.45) is 0. The van der Waals surface area contributed by atoms with Gasteiger partial charge >= 0.3 is 5.97 Å². The molecule has 0 saturated heterocycles. The largest absolute Gasteiger partial charge is 0.478 e. The summed E-state index contributed by atoms with van der Waals surface area (Å²) in [6.45, 7) is 3.43. The third-order valence-electron chi connectivity index (χ3n) is 2.69. The van der Waals surface area contributed by atoms with Crippen LogP contribution in [0.1, 0.15) is 31.3 Å². The van der Waals surface area contributed by atoms with Crippen molar-refractivity contribution in [3.8, 4) is 0 Å². The SMILES string of the molecule is Cc1cccc(NC(=O)c2scnc2C)c1C(=O)O. The quantitative estimate of drug-likeness (QED) is 0.903. The number of aryl methyl sites for hydroxylation is 2. The van der Waals surface area contributed by atoms with Gasteiger partial charge in [-0.05, 0) is 25.5 Å². The lowest BCUT2D eigenvalue weighted by Gasteiger charge is -2.09. The lowest BCUT2D eigenvalue weighted by molar-refractivity contribution is 0.0697. The number of amides is 1. The molecular weight excluding hydrogens is 264 g/mol. The highest BCUT2D eigenvalue weighted by atomic mass is 32.1. The Hall–Kier alpha value is -2.21. The van der Waals surface area contributed by atoms with Gasteiger partial charge in [-0.3, -0.25) is 4.79 Å². The Bertz CT molecular complexity index is 649. The van der Waals surface area contributed by atoms with E-state index < -0.39 is 5.97 Å². The molecule has 0 aliphatic heterocycles. The number of aromatic carboxylic acids is 1. The molecule has 5 nitrogen and oxygen atoms in total. The molecule has 2 aromatic rings. The van der Waals surface area contributed by atoms with E-state index in [1.54, 1.807) is 37.6 Å². The molecule has 2 rings (SSSR count). The van der Waals surface area contributed by atoms with Crippen LogP contribution in [-0.4, -0.2) is 22.0 Å². The van der Waals surface area contributed by atoms with Gasteiger partial charge in [-0.25, -0.2) is 9.78 Å². The van der Waals surface area contributed by atoms with Crippen molar-refractivity contribution in [3.63, 3.8) is 0 Å². The molecule has 0 aliphatic carbocycles. The van der Waals surface area contributed by atoms with Crippen LogP contribution in [0.5, 0.6) is 0 Å². The minimum atomic E-state index is -1.06. The van der Waals surface area contributed by atoms with E-state index in [1.165, 1.54) is 11.3 Å². The van der Waals surface area contributed by atoms with Crippen molar-refractivity contribution in [1.82, 2.24) is 4.98 Å². The van der Waals surface area contributed by atoms with Gasteiger partial charge in [0.2, 0.25) is 0 Å². The number of nitrogens with zero attached hydrogens (tertiary/aromatic N) is 1. The zero-order valence-electron chi connectivity index (χ0n) is 10.4. The Morgan fingerprint density at radius 2 is 2.05 bits per heavy atom. The summed E-state index contributed by atoms with van der Waals surface area (Å²) in [7, 11) is 0. The Balaban J connectivity index is 2.35. The summed E-state index contributed by atoms with van der Waals surface area (Å²) in [5.74, 6) is -1.40. The van der Waals surface area contributed by atoms with Gasteiger partial charge in [0.15, 0.2) is 0 Å².